The molecule has 4 nitrogen and oxygen atoms in total. The molecule has 0 unspecified atom stereocenters. The molecule has 27 heavy (non-hydrogen) atoms. The van der Waals surface area contributed by atoms with Crippen LogP contribution < -0.4 is 5.32 Å². The molecule has 144 valence electrons. The second kappa shape index (κ2) is 8.24. The number of hydrogen-bond donors (Lipinski definition) is 1. The molecule has 2 aromatic rings. The first-order valence-corrected chi connectivity index (χ1v) is 8.33. The van der Waals surface area contributed by atoms with Crippen LogP contribution in [0.5, 0.6) is 0 Å². The zero-order chi connectivity index (χ0) is 20.2. The van der Waals surface area contributed by atoms with Gasteiger partial charge in [-0.25, -0.2) is 0 Å². The Balaban J connectivity index is 1.90. The number of alkyl halides is 3. The van der Waals surface area contributed by atoms with Gasteiger partial charge < -0.3 is 10.2 Å². The van der Waals surface area contributed by atoms with Crippen molar-refractivity contribution in [2.24, 2.45) is 0 Å². The Kier molecular flexibility index (Phi) is 6.25. The molecule has 0 heterocycles. The molecule has 1 N–H and O–H groups in total. The van der Waals surface area contributed by atoms with Crippen LogP contribution in [-0.4, -0.2) is 30.3 Å². The molecule has 7 heteroatoms. The fourth-order valence-corrected chi connectivity index (χ4v) is 2.66. The maximum atomic E-state index is 12.6. The monoisotopic (exact) mass is 378 g/mol. The summed E-state index contributed by atoms with van der Waals surface area (Å²) in [5.41, 5.74) is 2.21. The highest BCUT2D eigenvalue weighted by molar-refractivity contribution is 5.96. The van der Waals surface area contributed by atoms with Gasteiger partial charge in [-0.3, -0.25) is 9.59 Å². The van der Waals surface area contributed by atoms with Crippen molar-refractivity contribution in [3.8, 4) is 0 Å². The second-order valence-electron chi connectivity index (χ2n) is 6.50. The summed E-state index contributed by atoms with van der Waals surface area (Å²) in [7, 11) is 1.53. The number of carbonyl (C=O) groups is 2. The van der Waals surface area contributed by atoms with E-state index in [4.69, 9.17) is 0 Å². The predicted octanol–water partition coefficient (Wildman–Crippen LogP) is 3.71. The van der Waals surface area contributed by atoms with Gasteiger partial charge in [-0.15, -0.1) is 0 Å². The van der Waals surface area contributed by atoms with Gasteiger partial charge in [-0.1, -0.05) is 29.3 Å². The Hall–Kier alpha value is -2.83. The fraction of sp³-hybridized carbons (Fsp3) is 0.300. The molecule has 0 fully saturated rings. The van der Waals surface area contributed by atoms with Crippen molar-refractivity contribution < 1.29 is 22.8 Å². The van der Waals surface area contributed by atoms with Gasteiger partial charge in [-0.2, -0.15) is 13.2 Å². The number of amides is 2. The lowest BCUT2D eigenvalue weighted by Crippen LogP contribution is -2.37. The van der Waals surface area contributed by atoms with Crippen LogP contribution in [0.1, 0.15) is 32.6 Å². The second-order valence-corrected chi connectivity index (χ2v) is 6.50. The van der Waals surface area contributed by atoms with Gasteiger partial charge in [0, 0.05) is 19.2 Å². The summed E-state index contributed by atoms with van der Waals surface area (Å²) < 4.78 is 37.7. The van der Waals surface area contributed by atoms with Crippen LogP contribution in [0.2, 0.25) is 0 Å². The molecule has 0 aliphatic rings. The number of aryl methyl sites for hydroxylation is 2. The molecule has 2 aromatic carbocycles. The molecule has 2 rings (SSSR count). The number of carbonyl (C=O) groups excluding carboxylic acids is 2. The van der Waals surface area contributed by atoms with E-state index in [-0.39, 0.29) is 24.9 Å². The molecule has 0 atom stereocenters. The summed E-state index contributed by atoms with van der Waals surface area (Å²) >= 11 is 0. The smallest absolute Gasteiger partial charge is 0.343 e. The zero-order valence-corrected chi connectivity index (χ0v) is 15.4. The Morgan fingerprint density at radius 1 is 1.00 bits per heavy atom. The number of hydrogen-bond acceptors (Lipinski definition) is 2. The molecule has 2 amide bonds. The molecule has 0 aromatic heterocycles. The summed E-state index contributed by atoms with van der Waals surface area (Å²) in [6, 6.07) is 10.0. The summed E-state index contributed by atoms with van der Waals surface area (Å²) in [6.07, 6.45) is -4.39. The minimum atomic E-state index is -4.39. The average Bonchev–Trinajstić information content (AvgIpc) is 2.58. The molecule has 0 bridgehead atoms. The normalized spacial score (nSPS) is 11.2. The third kappa shape index (κ3) is 5.84. The Morgan fingerprint density at radius 3 is 2.07 bits per heavy atom. The summed E-state index contributed by atoms with van der Waals surface area (Å²) in [5.74, 6) is -0.689. The Morgan fingerprint density at radius 2 is 1.56 bits per heavy atom. The van der Waals surface area contributed by atoms with Crippen molar-refractivity contribution in [3.63, 3.8) is 0 Å². The van der Waals surface area contributed by atoms with E-state index in [0.29, 0.717) is 11.1 Å². The van der Waals surface area contributed by atoms with Gasteiger partial charge in [0.1, 0.15) is 0 Å². The summed E-state index contributed by atoms with van der Waals surface area (Å²) in [6.45, 7) is 3.72. The van der Waals surface area contributed by atoms with Gasteiger partial charge >= 0.3 is 6.18 Å². The number of halogens is 3. The fourth-order valence-electron chi connectivity index (χ4n) is 2.66. The molecular formula is C20H21F3N2O2. The maximum Gasteiger partial charge on any atom is 0.416 e. The first-order chi connectivity index (χ1) is 12.6. The van der Waals surface area contributed by atoms with E-state index < -0.39 is 11.7 Å². The average molecular weight is 378 g/mol. The van der Waals surface area contributed by atoms with E-state index in [0.717, 1.165) is 23.3 Å². The molecule has 0 spiro atoms. The number of nitrogens with one attached hydrogen (secondary N) is 1. The first kappa shape index (κ1) is 20.5. The molecular weight excluding hydrogens is 357 g/mol. The molecule has 0 saturated carbocycles. The van der Waals surface area contributed by atoms with Crippen LogP contribution >= 0.6 is 0 Å². The van der Waals surface area contributed by atoms with Gasteiger partial charge in [0.05, 0.1) is 12.1 Å². The lowest BCUT2D eigenvalue weighted by molar-refractivity contribution is -0.137. The zero-order valence-electron chi connectivity index (χ0n) is 15.4. The van der Waals surface area contributed by atoms with Gasteiger partial charge in [0.25, 0.3) is 5.91 Å². The van der Waals surface area contributed by atoms with Crippen molar-refractivity contribution >= 4 is 11.8 Å². The van der Waals surface area contributed by atoms with E-state index in [9.17, 15) is 22.8 Å². The highest BCUT2D eigenvalue weighted by Crippen LogP contribution is 2.29. The number of likely N-dealkylation sites (N-methyl/N-ethyl adjacent to an activating group) is 1. The Bertz CT molecular complexity index is 810. The third-order valence-corrected chi connectivity index (χ3v) is 4.01. The van der Waals surface area contributed by atoms with Crippen molar-refractivity contribution in [2.75, 3.05) is 13.6 Å². The number of benzene rings is 2. The van der Waals surface area contributed by atoms with E-state index in [1.165, 1.54) is 24.1 Å². The number of rotatable bonds is 5. The SMILES string of the molecule is Cc1cc(C)cc(C(=O)NCC(=O)N(C)Cc2ccc(C(F)(F)F)cc2)c1. The molecule has 0 saturated heterocycles. The lowest BCUT2D eigenvalue weighted by Gasteiger charge is -2.18. The van der Waals surface area contributed by atoms with E-state index in [1.807, 2.05) is 19.9 Å². The van der Waals surface area contributed by atoms with Crippen LogP contribution in [0, 0.1) is 13.8 Å². The van der Waals surface area contributed by atoms with Gasteiger partial charge in [0.15, 0.2) is 0 Å². The Labute approximate surface area is 156 Å². The van der Waals surface area contributed by atoms with Crippen molar-refractivity contribution in [1.82, 2.24) is 10.2 Å². The largest absolute Gasteiger partial charge is 0.416 e. The minimum absolute atomic E-state index is 0.149. The molecule has 0 aliphatic heterocycles. The van der Waals surface area contributed by atoms with E-state index in [1.54, 1.807) is 12.1 Å². The molecule has 0 radical (unpaired) electrons. The van der Waals surface area contributed by atoms with Crippen LogP contribution in [0.25, 0.3) is 0 Å². The standard InChI is InChI=1S/C20H21F3N2O2/c1-13-8-14(2)10-16(9-13)19(27)24-11-18(26)25(3)12-15-4-6-17(7-5-15)20(21,22)23/h4-10H,11-12H2,1-3H3,(H,24,27). The van der Waals surface area contributed by atoms with Crippen LogP contribution in [0.3, 0.4) is 0 Å². The highest BCUT2D eigenvalue weighted by atomic mass is 19.4. The van der Waals surface area contributed by atoms with E-state index in [2.05, 4.69) is 5.32 Å². The number of nitrogens with zero attached hydrogens (tertiary/aromatic N) is 1. The van der Waals surface area contributed by atoms with Crippen LogP contribution in [0.4, 0.5) is 13.2 Å². The van der Waals surface area contributed by atoms with Crippen molar-refractivity contribution in [2.45, 2.75) is 26.6 Å². The first-order valence-electron chi connectivity index (χ1n) is 8.33. The quantitative estimate of drug-likeness (QED) is 0.862. The summed E-state index contributed by atoms with van der Waals surface area (Å²) in [5, 5.41) is 2.57. The maximum absolute atomic E-state index is 12.6. The minimum Gasteiger partial charge on any atom is -0.343 e. The topological polar surface area (TPSA) is 49.4 Å². The predicted molar refractivity (Wildman–Crippen MR) is 96.2 cm³/mol. The lowest BCUT2D eigenvalue weighted by atomic mass is 10.1. The van der Waals surface area contributed by atoms with Gasteiger partial charge in [0.2, 0.25) is 5.91 Å². The van der Waals surface area contributed by atoms with E-state index >= 15 is 0 Å². The highest BCUT2D eigenvalue weighted by Gasteiger charge is 2.30. The van der Waals surface area contributed by atoms with Crippen molar-refractivity contribution in [3.05, 3.63) is 70.3 Å². The van der Waals surface area contributed by atoms with Crippen LogP contribution in [0.15, 0.2) is 42.5 Å². The van der Waals surface area contributed by atoms with Crippen LogP contribution in [-0.2, 0) is 17.5 Å². The van der Waals surface area contributed by atoms with Gasteiger partial charge in [-0.05, 0) is 43.7 Å². The summed E-state index contributed by atoms with van der Waals surface area (Å²) in [4.78, 5) is 25.7. The molecule has 0 aliphatic carbocycles. The van der Waals surface area contributed by atoms with Crippen molar-refractivity contribution in [1.29, 1.82) is 0 Å². The third-order valence-electron chi connectivity index (χ3n) is 4.01.